The van der Waals surface area contributed by atoms with Crippen molar-refractivity contribution in [2.75, 3.05) is 26.2 Å². The summed E-state index contributed by atoms with van der Waals surface area (Å²) in [6, 6.07) is -0.965. The lowest BCUT2D eigenvalue weighted by molar-refractivity contribution is -0.148. The molecule has 1 fully saturated rings. The van der Waals surface area contributed by atoms with Crippen molar-refractivity contribution in [2.24, 2.45) is 0 Å². The van der Waals surface area contributed by atoms with Gasteiger partial charge in [0.1, 0.15) is 5.15 Å². The van der Waals surface area contributed by atoms with E-state index in [1.165, 1.54) is 6.20 Å². The Morgan fingerprint density at radius 3 is 2.43 bits per heavy atom. The van der Waals surface area contributed by atoms with Gasteiger partial charge in [-0.05, 0) is 0 Å². The highest BCUT2D eigenvalue weighted by Crippen LogP contribution is 2.41. The lowest BCUT2D eigenvalue weighted by Crippen LogP contribution is -2.46. The van der Waals surface area contributed by atoms with E-state index in [9.17, 15) is 13.2 Å². The van der Waals surface area contributed by atoms with Crippen molar-refractivity contribution in [3.05, 3.63) is 27.0 Å². The number of rotatable bonds is 3. The standard InChI is InChI=1S/C12H13Cl3F3N3/c13-7-6-20-11(15)10(14)9(7)8(5-12(16,17)18)21-3-1-19-2-4-21/h6,8,19H,1-5H2/t8-/m0/s1. The molecule has 1 atom stereocenters. The van der Waals surface area contributed by atoms with E-state index >= 15 is 0 Å². The number of hydrogen-bond acceptors (Lipinski definition) is 3. The van der Waals surface area contributed by atoms with Crippen LogP contribution in [0.1, 0.15) is 18.0 Å². The number of aromatic nitrogens is 1. The predicted octanol–water partition coefficient (Wildman–Crippen LogP) is 3.94. The molecule has 2 rings (SSSR count). The molecule has 1 aliphatic heterocycles. The molecule has 0 radical (unpaired) electrons. The molecule has 0 unspecified atom stereocenters. The van der Waals surface area contributed by atoms with E-state index < -0.39 is 18.6 Å². The first-order valence-corrected chi connectivity index (χ1v) is 7.44. The van der Waals surface area contributed by atoms with E-state index in [1.54, 1.807) is 4.90 Å². The van der Waals surface area contributed by atoms with Gasteiger partial charge < -0.3 is 5.32 Å². The fourth-order valence-corrected chi connectivity index (χ4v) is 3.13. The number of alkyl halides is 3. The molecule has 118 valence electrons. The summed E-state index contributed by atoms with van der Waals surface area (Å²) in [5.74, 6) is 0. The van der Waals surface area contributed by atoms with Gasteiger partial charge in [0.25, 0.3) is 0 Å². The van der Waals surface area contributed by atoms with Gasteiger partial charge in [-0.15, -0.1) is 0 Å². The van der Waals surface area contributed by atoms with E-state index in [4.69, 9.17) is 34.8 Å². The SMILES string of the molecule is FC(F)(F)C[C@@H](c1c(Cl)cnc(Cl)c1Cl)N1CCNCC1. The van der Waals surface area contributed by atoms with Crippen LogP contribution in [0.2, 0.25) is 15.2 Å². The van der Waals surface area contributed by atoms with Gasteiger partial charge in [0, 0.05) is 44.0 Å². The minimum Gasteiger partial charge on any atom is -0.314 e. The van der Waals surface area contributed by atoms with Crippen LogP contribution in [-0.2, 0) is 0 Å². The van der Waals surface area contributed by atoms with Crippen molar-refractivity contribution in [2.45, 2.75) is 18.6 Å². The second kappa shape index (κ2) is 6.87. The van der Waals surface area contributed by atoms with Crippen LogP contribution in [0.15, 0.2) is 6.20 Å². The van der Waals surface area contributed by atoms with E-state index in [0.29, 0.717) is 26.2 Å². The maximum atomic E-state index is 12.9. The van der Waals surface area contributed by atoms with Crippen molar-refractivity contribution >= 4 is 34.8 Å². The normalized spacial score (nSPS) is 18.8. The third-order valence-electron chi connectivity index (χ3n) is 3.32. The molecule has 0 bridgehead atoms. The minimum absolute atomic E-state index is 0.0167. The number of halogens is 6. The van der Waals surface area contributed by atoms with E-state index in [-0.39, 0.29) is 20.8 Å². The largest absolute Gasteiger partial charge is 0.390 e. The molecule has 1 aromatic rings. The zero-order valence-corrected chi connectivity index (χ0v) is 13.1. The lowest BCUT2D eigenvalue weighted by Gasteiger charge is -2.36. The number of nitrogens with zero attached hydrogens (tertiary/aromatic N) is 2. The first-order valence-electron chi connectivity index (χ1n) is 6.30. The number of pyridine rings is 1. The quantitative estimate of drug-likeness (QED) is 0.826. The average Bonchev–Trinajstić information content (AvgIpc) is 2.42. The molecule has 0 saturated carbocycles. The predicted molar refractivity (Wildman–Crippen MR) is 77.1 cm³/mol. The fourth-order valence-electron chi connectivity index (χ4n) is 2.39. The zero-order chi connectivity index (χ0) is 15.6. The van der Waals surface area contributed by atoms with Gasteiger partial charge in [0.05, 0.1) is 16.5 Å². The molecule has 1 N–H and O–H groups in total. The van der Waals surface area contributed by atoms with Crippen molar-refractivity contribution in [1.82, 2.24) is 15.2 Å². The molecular formula is C12H13Cl3F3N3. The van der Waals surface area contributed by atoms with Gasteiger partial charge in [0.15, 0.2) is 0 Å². The summed E-state index contributed by atoms with van der Waals surface area (Å²) < 4.78 is 38.8. The summed E-state index contributed by atoms with van der Waals surface area (Å²) >= 11 is 17.9. The summed E-state index contributed by atoms with van der Waals surface area (Å²) in [5.41, 5.74) is 0.192. The minimum atomic E-state index is -4.34. The molecule has 0 aliphatic carbocycles. The maximum Gasteiger partial charge on any atom is 0.390 e. The average molecular weight is 363 g/mol. The Labute approximate surface area is 135 Å². The van der Waals surface area contributed by atoms with Crippen LogP contribution >= 0.6 is 34.8 Å². The van der Waals surface area contributed by atoms with Gasteiger partial charge in [-0.3, -0.25) is 4.90 Å². The van der Waals surface area contributed by atoms with Crippen LogP contribution < -0.4 is 5.32 Å². The summed E-state index contributed by atoms with van der Waals surface area (Å²) in [7, 11) is 0. The van der Waals surface area contributed by atoms with Crippen molar-refractivity contribution in [3.8, 4) is 0 Å². The smallest absolute Gasteiger partial charge is 0.314 e. The summed E-state index contributed by atoms with van der Waals surface area (Å²) in [4.78, 5) is 5.47. The monoisotopic (exact) mass is 361 g/mol. The van der Waals surface area contributed by atoms with E-state index in [1.807, 2.05) is 0 Å². The highest BCUT2D eigenvalue weighted by molar-refractivity contribution is 6.43. The molecular weight excluding hydrogens is 350 g/mol. The zero-order valence-electron chi connectivity index (χ0n) is 10.9. The molecule has 1 saturated heterocycles. The van der Waals surface area contributed by atoms with Crippen molar-refractivity contribution < 1.29 is 13.2 Å². The van der Waals surface area contributed by atoms with E-state index in [2.05, 4.69) is 10.3 Å². The van der Waals surface area contributed by atoms with Gasteiger partial charge in [0.2, 0.25) is 0 Å². The fraction of sp³-hybridized carbons (Fsp3) is 0.583. The number of nitrogens with one attached hydrogen (secondary N) is 1. The third kappa shape index (κ3) is 4.36. The Morgan fingerprint density at radius 1 is 1.24 bits per heavy atom. The Bertz CT molecular complexity index is 505. The molecule has 2 heterocycles. The molecule has 21 heavy (non-hydrogen) atoms. The molecule has 0 aromatic carbocycles. The van der Waals surface area contributed by atoms with Crippen LogP contribution in [0.25, 0.3) is 0 Å². The van der Waals surface area contributed by atoms with Crippen molar-refractivity contribution in [3.63, 3.8) is 0 Å². The van der Waals surface area contributed by atoms with Crippen molar-refractivity contribution in [1.29, 1.82) is 0 Å². The van der Waals surface area contributed by atoms with E-state index in [0.717, 1.165) is 0 Å². The first kappa shape index (κ1) is 17.1. The lowest BCUT2D eigenvalue weighted by atomic mass is 10.0. The molecule has 0 amide bonds. The Morgan fingerprint density at radius 2 is 1.86 bits per heavy atom. The second-order valence-electron chi connectivity index (χ2n) is 4.75. The summed E-state index contributed by atoms with van der Waals surface area (Å²) in [6.45, 7) is 2.19. The Balaban J connectivity index is 2.41. The highest BCUT2D eigenvalue weighted by Gasteiger charge is 2.38. The molecule has 9 heteroatoms. The number of piperazine rings is 1. The second-order valence-corrected chi connectivity index (χ2v) is 5.89. The van der Waals surface area contributed by atoms with Crippen LogP contribution in [0, 0.1) is 0 Å². The van der Waals surface area contributed by atoms with Gasteiger partial charge >= 0.3 is 6.18 Å². The van der Waals surface area contributed by atoms with Gasteiger partial charge in [-0.25, -0.2) is 4.98 Å². The van der Waals surface area contributed by atoms with Gasteiger partial charge in [-0.2, -0.15) is 13.2 Å². The molecule has 1 aromatic heterocycles. The topological polar surface area (TPSA) is 28.2 Å². The summed E-state index contributed by atoms with van der Waals surface area (Å²) in [5, 5.41) is 3.13. The number of hydrogen-bond donors (Lipinski definition) is 1. The molecule has 1 aliphatic rings. The Hall–Kier alpha value is -0.270. The van der Waals surface area contributed by atoms with Crippen LogP contribution in [-0.4, -0.2) is 42.2 Å². The van der Waals surface area contributed by atoms with Crippen LogP contribution in [0.4, 0.5) is 13.2 Å². The highest BCUT2D eigenvalue weighted by atomic mass is 35.5. The summed E-state index contributed by atoms with van der Waals surface area (Å²) in [6.07, 6.45) is -4.14. The van der Waals surface area contributed by atoms with Crippen LogP contribution in [0.5, 0.6) is 0 Å². The first-order chi connectivity index (χ1) is 9.79. The molecule has 0 spiro atoms. The molecule has 3 nitrogen and oxygen atoms in total. The Kier molecular flexibility index (Phi) is 5.59. The maximum absolute atomic E-state index is 12.9. The van der Waals surface area contributed by atoms with Gasteiger partial charge in [-0.1, -0.05) is 34.8 Å². The third-order valence-corrected chi connectivity index (χ3v) is 4.38. The van der Waals surface area contributed by atoms with Crippen LogP contribution in [0.3, 0.4) is 0 Å².